The fourth-order valence-electron chi connectivity index (χ4n) is 2.24. The average molecular weight is 156 g/mol. The van der Waals surface area contributed by atoms with Crippen LogP contribution in [0.15, 0.2) is 0 Å². The normalized spacial score (nSPS) is 30.9. The summed E-state index contributed by atoms with van der Waals surface area (Å²) in [6.45, 7) is 7.40. The van der Waals surface area contributed by atoms with Crippen LogP contribution in [0.3, 0.4) is 0 Å². The van der Waals surface area contributed by atoms with Gasteiger partial charge in [0.2, 0.25) is 0 Å². The standard InChI is InChI=1S/C9H20Si/c1-4-5-9-6-7-10(2,3)8-9/h9H,4-8H2,1-3H3. The van der Waals surface area contributed by atoms with Crippen LogP contribution in [0.1, 0.15) is 26.2 Å². The highest BCUT2D eigenvalue weighted by Gasteiger charge is 2.31. The van der Waals surface area contributed by atoms with E-state index in [4.69, 9.17) is 0 Å². The number of rotatable bonds is 2. The van der Waals surface area contributed by atoms with E-state index in [1.165, 1.54) is 12.8 Å². The van der Waals surface area contributed by atoms with Gasteiger partial charge in [0.15, 0.2) is 0 Å². The molecule has 0 amide bonds. The van der Waals surface area contributed by atoms with Crippen LogP contribution >= 0.6 is 0 Å². The van der Waals surface area contributed by atoms with Crippen LogP contribution in [-0.2, 0) is 0 Å². The lowest BCUT2D eigenvalue weighted by molar-refractivity contribution is 0.530. The van der Waals surface area contributed by atoms with E-state index < -0.39 is 8.07 Å². The Morgan fingerprint density at radius 3 is 2.50 bits per heavy atom. The fourth-order valence-corrected chi connectivity index (χ4v) is 5.60. The number of hydrogen-bond acceptors (Lipinski definition) is 0. The molecule has 1 atom stereocenters. The smallest absolute Gasteiger partial charge is 0.0476 e. The van der Waals surface area contributed by atoms with Gasteiger partial charge >= 0.3 is 0 Å². The lowest BCUT2D eigenvalue weighted by atomic mass is 10.0. The van der Waals surface area contributed by atoms with E-state index in [1.807, 2.05) is 0 Å². The Balaban J connectivity index is 2.29. The van der Waals surface area contributed by atoms with Crippen molar-refractivity contribution in [3.05, 3.63) is 0 Å². The topological polar surface area (TPSA) is 0 Å². The monoisotopic (exact) mass is 156 g/mol. The summed E-state index contributed by atoms with van der Waals surface area (Å²) in [5.74, 6) is 1.12. The van der Waals surface area contributed by atoms with Crippen LogP contribution in [0.4, 0.5) is 0 Å². The van der Waals surface area contributed by atoms with Crippen molar-refractivity contribution in [3.63, 3.8) is 0 Å². The van der Waals surface area contributed by atoms with Gasteiger partial charge in [-0.05, 0) is 5.92 Å². The molecule has 0 saturated carbocycles. The van der Waals surface area contributed by atoms with Crippen LogP contribution in [0.5, 0.6) is 0 Å². The summed E-state index contributed by atoms with van der Waals surface area (Å²) in [6.07, 6.45) is 4.44. The summed E-state index contributed by atoms with van der Waals surface area (Å²) in [4.78, 5) is 0. The molecule has 0 aromatic rings. The summed E-state index contributed by atoms with van der Waals surface area (Å²) < 4.78 is 0. The van der Waals surface area contributed by atoms with Crippen molar-refractivity contribution in [1.82, 2.24) is 0 Å². The van der Waals surface area contributed by atoms with E-state index in [-0.39, 0.29) is 0 Å². The van der Waals surface area contributed by atoms with E-state index in [2.05, 4.69) is 20.0 Å². The Bertz CT molecular complexity index is 107. The zero-order chi connectivity index (χ0) is 7.61. The lowest BCUT2D eigenvalue weighted by Gasteiger charge is -2.13. The first-order valence-electron chi connectivity index (χ1n) is 4.64. The molecule has 1 heteroatoms. The molecular formula is C9H20Si. The molecule has 0 bridgehead atoms. The molecule has 1 unspecified atom stereocenters. The van der Waals surface area contributed by atoms with Gasteiger partial charge in [-0.2, -0.15) is 0 Å². The highest BCUT2D eigenvalue weighted by Crippen LogP contribution is 2.36. The Hall–Kier alpha value is 0.217. The molecular weight excluding hydrogens is 136 g/mol. The molecule has 1 fully saturated rings. The minimum absolute atomic E-state index is 0.640. The van der Waals surface area contributed by atoms with Gasteiger partial charge in [-0.1, -0.05) is 51.4 Å². The van der Waals surface area contributed by atoms with Crippen LogP contribution in [-0.4, -0.2) is 8.07 Å². The number of hydrogen-bond donors (Lipinski definition) is 0. The molecule has 0 radical (unpaired) electrons. The summed E-state index contributed by atoms with van der Waals surface area (Å²) in [7, 11) is -0.640. The molecule has 1 aliphatic heterocycles. The maximum absolute atomic E-state index is 2.54. The maximum atomic E-state index is 2.54. The van der Waals surface area contributed by atoms with Crippen molar-refractivity contribution in [3.8, 4) is 0 Å². The highest BCUT2D eigenvalue weighted by molar-refractivity contribution is 6.78. The second-order valence-corrected chi connectivity index (χ2v) is 9.80. The molecule has 0 N–H and O–H groups in total. The van der Waals surface area contributed by atoms with Crippen LogP contribution in [0, 0.1) is 5.92 Å². The lowest BCUT2D eigenvalue weighted by Crippen LogP contribution is -2.19. The first kappa shape index (κ1) is 8.31. The first-order valence-corrected chi connectivity index (χ1v) is 8.05. The van der Waals surface area contributed by atoms with Gasteiger partial charge < -0.3 is 0 Å². The highest BCUT2D eigenvalue weighted by atomic mass is 28.3. The molecule has 10 heavy (non-hydrogen) atoms. The predicted octanol–water partition coefficient (Wildman–Crippen LogP) is 3.51. The van der Waals surface area contributed by atoms with Gasteiger partial charge in [-0.25, -0.2) is 0 Å². The van der Waals surface area contributed by atoms with Crippen LogP contribution in [0.2, 0.25) is 25.2 Å². The van der Waals surface area contributed by atoms with Crippen molar-refractivity contribution >= 4 is 8.07 Å². The minimum atomic E-state index is -0.640. The molecule has 0 aromatic carbocycles. The van der Waals surface area contributed by atoms with Crippen molar-refractivity contribution in [2.45, 2.75) is 51.4 Å². The summed E-state index contributed by atoms with van der Waals surface area (Å²) >= 11 is 0. The van der Waals surface area contributed by atoms with Crippen LogP contribution < -0.4 is 0 Å². The molecule has 60 valence electrons. The maximum Gasteiger partial charge on any atom is 0.0476 e. The molecule has 0 aromatic heterocycles. The molecule has 1 rings (SSSR count). The molecule has 0 aliphatic carbocycles. The third-order valence-electron chi connectivity index (χ3n) is 2.77. The van der Waals surface area contributed by atoms with E-state index in [1.54, 1.807) is 18.5 Å². The molecule has 1 saturated heterocycles. The van der Waals surface area contributed by atoms with Crippen molar-refractivity contribution in [2.24, 2.45) is 5.92 Å². The Morgan fingerprint density at radius 2 is 2.10 bits per heavy atom. The van der Waals surface area contributed by atoms with Gasteiger partial charge in [0.25, 0.3) is 0 Å². The molecule has 1 heterocycles. The Labute approximate surface area is 66.0 Å². The quantitative estimate of drug-likeness (QED) is 0.537. The van der Waals surface area contributed by atoms with Gasteiger partial charge in [0, 0.05) is 8.07 Å². The van der Waals surface area contributed by atoms with Crippen molar-refractivity contribution in [1.29, 1.82) is 0 Å². The minimum Gasteiger partial charge on any atom is -0.0693 e. The Morgan fingerprint density at radius 1 is 1.40 bits per heavy atom. The second kappa shape index (κ2) is 3.08. The summed E-state index contributed by atoms with van der Waals surface area (Å²) in [6, 6.07) is 3.21. The first-order chi connectivity index (χ1) is 4.64. The zero-order valence-electron chi connectivity index (χ0n) is 7.61. The van der Waals surface area contributed by atoms with Gasteiger partial charge in [-0.3, -0.25) is 0 Å². The van der Waals surface area contributed by atoms with Crippen molar-refractivity contribution < 1.29 is 0 Å². The third kappa shape index (κ3) is 2.12. The third-order valence-corrected chi connectivity index (χ3v) is 6.09. The van der Waals surface area contributed by atoms with Gasteiger partial charge in [0.1, 0.15) is 0 Å². The van der Waals surface area contributed by atoms with Gasteiger partial charge in [-0.15, -0.1) is 0 Å². The molecule has 0 spiro atoms. The summed E-state index contributed by atoms with van der Waals surface area (Å²) in [5, 5.41) is 0. The zero-order valence-corrected chi connectivity index (χ0v) is 8.61. The van der Waals surface area contributed by atoms with E-state index in [9.17, 15) is 0 Å². The van der Waals surface area contributed by atoms with E-state index in [0.29, 0.717) is 0 Å². The van der Waals surface area contributed by atoms with Crippen molar-refractivity contribution in [2.75, 3.05) is 0 Å². The SMILES string of the molecule is CCCC1CC[Si](C)(C)C1. The second-order valence-electron chi connectivity index (χ2n) is 4.56. The largest absolute Gasteiger partial charge is 0.0693 e. The van der Waals surface area contributed by atoms with E-state index in [0.717, 1.165) is 5.92 Å². The fraction of sp³-hybridized carbons (Fsp3) is 1.00. The van der Waals surface area contributed by atoms with Gasteiger partial charge in [0.05, 0.1) is 0 Å². The molecule has 1 aliphatic rings. The van der Waals surface area contributed by atoms with Crippen LogP contribution in [0.25, 0.3) is 0 Å². The average Bonchev–Trinajstić information content (AvgIpc) is 2.12. The van der Waals surface area contributed by atoms with E-state index >= 15 is 0 Å². The summed E-state index contributed by atoms with van der Waals surface area (Å²) in [5.41, 5.74) is 0. The Kier molecular flexibility index (Phi) is 2.56. The molecule has 0 nitrogen and oxygen atoms in total. The predicted molar refractivity (Wildman–Crippen MR) is 50.1 cm³/mol.